The lowest BCUT2D eigenvalue weighted by atomic mass is 10.0. The van der Waals surface area contributed by atoms with Crippen LogP contribution in [0.25, 0.3) is 0 Å². The molecule has 0 saturated carbocycles. The third-order valence-electron chi connectivity index (χ3n) is 4.87. The highest BCUT2D eigenvalue weighted by Gasteiger charge is 2.28. The van der Waals surface area contributed by atoms with Crippen LogP contribution in [0.5, 0.6) is 5.75 Å². The minimum absolute atomic E-state index is 0.231. The van der Waals surface area contributed by atoms with Crippen LogP contribution in [0.4, 0.5) is 4.79 Å². The molecule has 0 spiro atoms. The van der Waals surface area contributed by atoms with E-state index in [9.17, 15) is 4.79 Å². The molecule has 2 rings (SSSR count). The van der Waals surface area contributed by atoms with Crippen molar-refractivity contribution in [2.75, 3.05) is 33.3 Å². The molecular formula is C21H33BrN2O3. The van der Waals surface area contributed by atoms with Gasteiger partial charge in [0.1, 0.15) is 18.0 Å². The van der Waals surface area contributed by atoms with E-state index in [1.54, 1.807) is 4.90 Å². The Hall–Kier alpha value is -1.27. The summed E-state index contributed by atoms with van der Waals surface area (Å²) in [5.74, 6) is 0.924. The third-order valence-corrected chi connectivity index (χ3v) is 6.12. The molecule has 1 aromatic carbocycles. The summed E-state index contributed by atoms with van der Waals surface area (Å²) in [6.45, 7) is 13.4. The molecule has 5 nitrogen and oxygen atoms in total. The van der Waals surface area contributed by atoms with Crippen LogP contribution in [0.2, 0.25) is 0 Å². The average Bonchev–Trinajstić information content (AvgIpc) is 2.58. The number of benzene rings is 1. The molecular weight excluding hydrogens is 408 g/mol. The zero-order valence-electron chi connectivity index (χ0n) is 17.5. The van der Waals surface area contributed by atoms with E-state index in [2.05, 4.69) is 46.8 Å². The van der Waals surface area contributed by atoms with Gasteiger partial charge in [0.25, 0.3) is 0 Å². The van der Waals surface area contributed by atoms with Crippen molar-refractivity contribution < 1.29 is 14.3 Å². The number of rotatable bonds is 5. The van der Waals surface area contributed by atoms with Gasteiger partial charge in [-0.25, -0.2) is 4.79 Å². The van der Waals surface area contributed by atoms with Gasteiger partial charge in [0.15, 0.2) is 0 Å². The molecule has 0 bridgehead atoms. The topological polar surface area (TPSA) is 42.0 Å². The van der Waals surface area contributed by atoms with Crippen LogP contribution in [-0.2, 0) is 4.74 Å². The van der Waals surface area contributed by atoms with E-state index in [0.29, 0.717) is 6.61 Å². The number of hydrogen-bond acceptors (Lipinski definition) is 4. The Morgan fingerprint density at radius 2 is 1.78 bits per heavy atom. The van der Waals surface area contributed by atoms with E-state index < -0.39 is 5.60 Å². The van der Waals surface area contributed by atoms with Gasteiger partial charge in [0, 0.05) is 37.2 Å². The van der Waals surface area contributed by atoms with Gasteiger partial charge in [-0.15, -0.1) is 0 Å². The Bertz CT molecular complexity index is 626. The molecule has 1 heterocycles. The van der Waals surface area contributed by atoms with Crippen molar-refractivity contribution in [2.24, 2.45) is 0 Å². The smallest absolute Gasteiger partial charge is 0.410 e. The number of ether oxygens (including phenoxy) is 2. The Kier molecular flexibility index (Phi) is 7.57. The predicted octanol–water partition coefficient (Wildman–Crippen LogP) is 4.78. The first-order valence-electron chi connectivity index (χ1n) is 9.64. The summed E-state index contributed by atoms with van der Waals surface area (Å²) in [4.78, 5) is 16.4. The molecule has 1 amide bonds. The number of likely N-dealkylation sites (tertiary alicyclic amines) is 1. The van der Waals surface area contributed by atoms with Gasteiger partial charge in [-0.2, -0.15) is 0 Å². The lowest BCUT2D eigenvalue weighted by molar-refractivity contribution is 0.0147. The van der Waals surface area contributed by atoms with Crippen molar-refractivity contribution in [3.63, 3.8) is 0 Å². The number of amides is 1. The molecule has 0 atom stereocenters. The molecule has 1 saturated heterocycles. The molecule has 0 unspecified atom stereocenters. The van der Waals surface area contributed by atoms with Crippen molar-refractivity contribution in [1.29, 1.82) is 0 Å². The summed E-state index contributed by atoms with van der Waals surface area (Å²) >= 11 is 3.59. The van der Waals surface area contributed by atoms with Crippen LogP contribution in [0.1, 0.15) is 44.7 Å². The van der Waals surface area contributed by atoms with Gasteiger partial charge in [-0.1, -0.05) is 15.9 Å². The van der Waals surface area contributed by atoms with E-state index >= 15 is 0 Å². The Morgan fingerprint density at radius 3 is 2.30 bits per heavy atom. The Labute approximate surface area is 172 Å². The zero-order chi connectivity index (χ0) is 20.2. The van der Waals surface area contributed by atoms with Gasteiger partial charge in [0.2, 0.25) is 0 Å². The number of hydrogen-bond donors (Lipinski definition) is 0. The summed E-state index contributed by atoms with van der Waals surface area (Å²) in [6.07, 6.45) is 1.70. The number of aryl methyl sites for hydroxylation is 2. The molecule has 6 heteroatoms. The second-order valence-electron chi connectivity index (χ2n) is 8.38. The fraction of sp³-hybridized carbons (Fsp3) is 0.667. The molecule has 0 N–H and O–H groups in total. The fourth-order valence-electron chi connectivity index (χ4n) is 3.30. The number of piperidine rings is 1. The quantitative estimate of drug-likeness (QED) is 0.660. The van der Waals surface area contributed by atoms with E-state index in [0.717, 1.165) is 42.7 Å². The number of carbonyl (C=O) groups is 1. The molecule has 1 aromatic rings. The molecule has 152 valence electrons. The molecule has 27 heavy (non-hydrogen) atoms. The van der Waals surface area contributed by atoms with Gasteiger partial charge >= 0.3 is 6.09 Å². The van der Waals surface area contributed by atoms with Gasteiger partial charge in [-0.05, 0) is 70.7 Å². The normalized spacial score (nSPS) is 16.3. The first-order chi connectivity index (χ1) is 12.6. The predicted molar refractivity (Wildman–Crippen MR) is 113 cm³/mol. The first kappa shape index (κ1) is 22.0. The highest BCUT2D eigenvalue weighted by atomic mass is 79.9. The van der Waals surface area contributed by atoms with Crippen molar-refractivity contribution in [1.82, 2.24) is 9.80 Å². The van der Waals surface area contributed by atoms with Crippen molar-refractivity contribution in [3.05, 3.63) is 27.7 Å². The SMILES string of the molecule is Cc1cc(OCCN2CCC(N(C)C(=O)OC(C)(C)C)CC2)cc(C)c1Br. The van der Waals surface area contributed by atoms with E-state index in [1.807, 2.05) is 27.8 Å². The second-order valence-corrected chi connectivity index (χ2v) is 9.18. The van der Waals surface area contributed by atoms with Crippen LogP contribution >= 0.6 is 15.9 Å². The molecule has 1 fully saturated rings. The molecule has 0 aromatic heterocycles. The maximum Gasteiger partial charge on any atom is 0.410 e. The number of carbonyl (C=O) groups excluding carboxylic acids is 1. The summed E-state index contributed by atoms with van der Waals surface area (Å²) in [7, 11) is 1.84. The highest BCUT2D eigenvalue weighted by molar-refractivity contribution is 9.10. The van der Waals surface area contributed by atoms with Crippen molar-refractivity contribution >= 4 is 22.0 Å². The lowest BCUT2D eigenvalue weighted by Gasteiger charge is -2.37. The maximum atomic E-state index is 12.2. The fourth-order valence-corrected chi connectivity index (χ4v) is 3.52. The van der Waals surface area contributed by atoms with Crippen LogP contribution in [-0.4, -0.2) is 60.8 Å². The monoisotopic (exact) mass is 440 g/mol. The first-order valence-corrected chi connectivity index (χ1v) is 10.4. The second kappa shape index (κ2) is 9.28. The highest BCUT2D eigenvalue weighted by Crippen LogP contribution is 2.26. The molecule has 1 aliphatic heterocycles. The van der Waals surface area contributed by atoms with Crippen molar-refractivity contribution in [3.8, 4) is 5.75 Å². The largest absolute Gasteiger partial charge is 0.492 e. The molecule has 1 aliphatic rings. The summed E-state index contributed by atoms with van der Waals surface area (Å²) in [5.41, 5.74) is 1.93. The van der Waals surface area contributed by atoms with Gasteiger partial charge in [0.05, 0.1) is 0 Å². The maximum absolute atomic E-state index is 12.2. The van der Waals surface area contributed by atoms with E-state index in [4.69, 9.17) is 9.47 Å². The van der Waals surface area contributed by atoms with Crippen LogP contribution in [0.3, 0.4) is 0 Å². The lowest BCUT2D eigenvalue weighted by Crippen LogP contribution is -2.47. The van der Waals surface area contributed by atoms with Crippen LogP contribution < -0.4 is 4.74 Å². The minimum atomic E-state index is -0.451. The molecule has 0 aliphatic carbocycles. The van der Waals surface area contributed by atoms with Crippen LogP contribution in [0, 0.1) is 13.8 Å². The van der Waals surface area contributed by atoms with Crippen molar-refractivity contribution in [2.45, 2.75) is 59.1 Å². The molecule has 0 radical (unpaired) electrons. The summed E-state index contributed by atoms with van der Waals surface area (Å²) < 4.78 is 12.6. The zero-order valence-corrected chi connectivity index (χ0v) is 19.1. The van der Waals surface area contributed by atoms with Crippen LogP contribution in [0.15, 0.2) is 16.6 Å². The van der Waals surface area contributed by atoms with E-state index in [1.165, 1.54) is 11.1 Å². The third kappa shape index (κ3) is 6.68. The van der Waals surface area contributed by atoms with E-state index in [-0.39, 0.29) is 12.1 Å². The van der Waals surface area contributed by atoms with Gasteiger partial charge < -0.3 is 14.4 Å². The Balaban J connectivity index is 1.74. The minimum Gasteiger partial charge on any atom is -0.492 e. The number of nitrogens with zero attached hydrogens (tertiary/aromatic N) is 2. The number of halogens is 1. The van der Waals surface area contributed by atoms with Gasteiger partial charge in [-0.3, -0.25) is 4.90 Å². The average molecular weight is 441 g/mol. The summed E-state index contributed by atoms with van der Waals surface area (Å²) in [5, 5.41) is 0. The summed E-state index contributed by atoms with van der Waals surface area (Å²) in [6, 6.07) is 4.38. The Morgan fingerprint density at radius 1 is 1.22 bits per heavy atom. The standard InChI is InChI=1S/C21H33BrN2O3/c1-15-13-18(14-16(2)19(15)22)26-12-11-24-9-7-17(8-10-24)23(6)20(25)27-21(3,4)5/h13-14,17H,7-12H2,1-6H3.